The number of nitrogens with zero attached hydrogens (tertiary/aromatic N) is 1. The van der Waals surface area contributed by atoms with Crippen molar-refractivity contribution in [2.24, 2.45) is 5.92 Å². The van der Waals surface area contributed by atoms with E-state index >= 15 is 0 Å². The maximum atomic E-state index is 3.73. The van der Waals surface area contributed by atoms with Crippen molar-refractivity contribution in [3.05, 3.63) is 0 Å². The van der Waals surface area contributed by atoms with Crippen LogP contribution in [0.25, 0.3) is 0 Å². The van der Waals surface area contributed by atoms with Crippen LogP contribution in [0, 0.1) is 5.92 Å². The first-order valence-electron chi connectivity index (χ1n) is 5.85. The molecule has 1 saturated carbocycles. The fraction of sp³-hybridized carbons (Fsp3) is 1.00. The Morgan fingerprint density at radius 1 is 1.31 bits per heavy atom. The maximum absolute atomic E-state index is 3.73. The zero-order chi connectivity index (χ0) is 8.89. The van der Waals surface area contributed by atoms with Gasteiger partial charge < -0.3 is 5.32 Å². The van der Waals surface area contributed by atoms with Gasteiger partial charge in [-0.05, 0) is 51.2 Å². The van der Waals surface area contributed by atoms with E-state index in [-0.39, 0.29) is 0 Å². The Bertz CT molecular complexity index is 202. The molecule has 2 bridgehead atoms. The second-order valence-corrected chi connectivity index (χ2v) is 4.96. The van der Waals surface area contributed by atoms with Gasteiger partial charge in [0.1, 0.15) is 0 Å². The molecule has 1 aliphatic carbocycles. The van der Waals surface area contributed by atoms with Crippen molar-refractivity contribution in [2.45, 2.75) is 44.2 Å². The van der Waals surface area contributed by atoms with Crippen molar-refractivity contribution < 1.29 is 0 Å². The molecule has 3 heterocycles. The molecule has 3 aliphatic heterocycles. The van der Waals surface area contributed by atoms with Crippen molar-refractivity contribution in [1.82, 2.24) is 10.2 Å². The van der Waals surface area contributed by atoms with E-state index in [1.54, 1.807) is 0 Å². The molecule has 2 nitrogen and oxygen atoms in total. The number of nitrogens with one attached hydrogen (secondary N) is 1. The van der Waals surface area contributed by atoms with E-state index < -0.39 is 0 Å². The summed E-state index contributed by atoms with van der Waals surface area (Å²) in [5, 5.41) is 3.73. The third-order valence-corrected chi connectivity index (χ3v) is 4.41. The van der Waals surface area contributed by atoms with Crippen molar-refractivity contribution in [3.63, 3.8) is 0 Å². The summed E-state index contributed by atoms with van der Waals surface area (Å²) in [5.74, 6) is 0.993. The summed E-state index contributed by atoms with van der Waals surface area (Å²) in [5.41, 5.74) is 0.636. The molecule has 0 aromatic rings. The highest BCUT2D eigenvalue weighted by molar-refractivity contribution is 5.18. The van der Waals surface area contributed by atoms with E-state index in [0.717, 1.165) is 18.5 Å². The molecule has 13 heavy (non-hydrogen) atoms. The third kappa shape index (κ3) is 1.02. The molecule has 74 valence electrons. The largest absolute Gasteiger partial charge is 0.312 e. The predicted octanol–water partition coefficient (Wildman–Crippen LogP) is 1.22. The topological polar surface area (TPSA) is 15.3 Å². The molecule has 0 aromatic heterocycles. The Balaban J connectivity index is 1.83. The zero-order valence-corrected chi connectivity index (χ0v) is 8.55. The Morgan fingerprint density at radius 2 is 2.00 bits per heavy atom. The van der Waals surface area contributed by atoms with Gasteiger partial charge in [0, 0.05) is 11.6 Å². The maximum Gasteiger partial charge on any atom is 0.0366 e. The molecule has 4 fully saturated rings. The molecule has 0 amide bonds. The van der Waals surface area contributed by atoms with Crippen molar-refractivity contribution in [3.8, 4) is 0 Å². The van der Waals surface area contributed by atoms with Crippen LogP contribution in [0.5, 0.6) is 0 Å². The van der Waals surface area contributed by atoms with Gasteiger partial charge in [-0.15, -0.1) is 0 Å². The van der Waals surface area contributed by atoms with Gasteiger partial charge in [-0.2, -0.15) is 0 Å². The lowest BCUT2D eigenvalue weighted by Gasteiger charge is -2.52. The highest BCUT2D eigenvalue weighted by Gasteiger charge is 2.59. The summed E-state index contributed by atoms with van der Waals surface area (Å²) in [6, 6.07) is 0.833. The third-order valence-electron chi connectivity index (χ3n) is 4.41. The predicted molar refractivity (Wildman–Crippen MR) is 53.7 cm³/mol. The summed E-state index contributed by atoms with van der Waals surface area (Å²) >= 11 is 0. The van der Waals surface area contributed by atoms with Gasteiger partial charge in [-0.25, -0.2) is 0 Å². The number of hydrogen-bond donors (Lipinski definition) is 1. The lowest BCUT2D eigenvalue weighted by atomic mass is 9.77. The summed E-state index contributed by atoms with van der Waals surface area (Å²) in [6.07, 6.45) is 5.81. The summed E-state index contributed by atoms with van der Waals surface area (Å²) in [4.78, 5) is 2.76. The molecule has 1 spiro atoms. The quantitative estimate of drug-likeness (QED) is 0.687. The minimum Gasteiger partial charge on any atom is -0.312 e. The van der Waals surface area contributed by atoms with Crippen LogP contribution in [0.15, 0.2) is 0 Å². The van der Waals surface area contributed by atoms with Crippen LogP contribution in [0.2, 0.25) is 0 Å². The number of fused-ring (bicyclic) bond motifs is 2. The van der Waals surface area contributed by atoms with Crippen molar-refractivity contribution in [2.75, 3.05) is 19.6 Å². The van der Waals surface area contributed by atoms with E-state index in [1.807, 2.05) is 0 Å². The highest BCUT2D eigenvalue weighted by atomic mass is 15.3. The van der Waals surface area contributed by atoms with E-state index in [9.17, 15) is 0 Å². The van der Waals surface area contributed by atoms with E-state index in [0.29, 0.717) is 5.54 Å². The molecule has 2 heteroatoms. The molecular formula is C11H20N2. The van der Waals surface area contributed by atoms with Crippen LogP contribution in [0.3, 0.4) is 0 Å². The lowest BCUT2D eigenvalue weighted by Crippen LogP contribution is -2.64. The number of hydrogen-bond acceptors (Lipinski definition) is 2. The van der Waals surface area contributed by atoms with Crippen LogP contribution >= 0.6 is 0 Å². The second kappa shape index (κ2) is 2.71. The van der Waals surface area contributed by atoms with Crippen LogP contribution in [0.1, 0.15) is 32.6 Å². The fourth-order valence-corrected chi connectivity index (χ4v) is 3.65. The fourth-order valence-electron chi connectivity index (χ4n) is 3.65. The summed E-state index contributed by atoms with van der Waals surface area (Å²) < 4.78 is 0. The molecule has 1 unspecified atom stereocenters. The first-order valence-corrected chi connectivity index (χ1v) is 5.85. The minimum atomic E-state index is 0.636. The lowest BCUT2D eigenvalue weighted by molar-refractivity contribution is -0.00197. The van der Waals surface area contributed by atoms with Crippen molar-refractivity contribution in [1.29, 1.82) is 0 Å². The van der Waals surface area contributed by atoms with Crippen molar-refractivity contribution >= 4 is 0 Å². The van der Waals surface area contributed by atoms with Gasteiger partial charge in [0.15, 0.2) is 0 Å². The Labute approximate surface area is 80.7 Å². The van der Waals surface area contributed by atoms with Gasteiger partial charge in [0.25, 0.3) is 0 Å². The van der Waals surface area contributed by atoms with E-state index in [2.05, 4.69) is 17.1 Å². The Hall–Kier alpha value is -0.0800. The molecule has 0 radical (unpaired) electrons. The van der Waals surface area contributed by atoms with E-state index in [1.165, 1.54) is 38.8 Å². The van der Waals surface area contributed by atoms with Gasteiger partial charge in [-0.3, -0.25) is 4.90 Å². The Morgan fingerprint density at radius 3 is 2.54 bits per heavy atom. The monoisotopic (exact) mass is 180 g/mol. The normalized spacial score (nSPS) is 45.5. The smallest absolute Gasteiger partial charge is 0.0366 e. The molecule has 0 aromatic carbocycles. The highest BCUT2D eigenvalue weighted by Crippen LogP contribution is 2.53. The Kier molecular flexibility index (Phi) is 1.72. The van der Waals surface area contributed by atoms with Gasteiger partial charge in [-0.1, -0.05) is 6.92 Å². The SMILES string of the molecule is CCNC1C2CCN(CC2)C12CC2. The van der Waals surface area contributed by atoms with Crippen LogP contribution in [-0.2, 0) is 0 Å². The average molecular weight is 180 g/mol. The standard InChI is InChI=1S/C11H20N2/c1-2-12-10-9-3-7-13(8-4-9)11(10)5-6-11/h9-10,12H,2-8H2,1H3. The molecule has 1 atom stereocenters. The molecular weight excluding hydrogens is 160 g/mol. The van der Waals surface area contributed by atoms with Gasteiger partial charge in [0.2, 0.25) is 0 Å². The second-order valence-electron chi connectivity index (χ2n) is 4.96. The molecule has 3 saturated heterocycles. The number of likely N-dealkylation sites (N-methyl/N-ethyl adjacent to an activating group) is 1. The molecule has 1 N–H and O–H groups in total. The van der Waals surface area contributed by atoms with Gasteiger partial charge in [0.05, 0.1) is 0 Å². The molecule has 4 rings (SSSR count). The number of piperidine rings is 3. The number of rotatable bonds is 2. The first kappa shape index (κ1) is 8.25. The average Bonchev–Trinajstić information content (AvgIpc) is 2.94. The van der Waals surface area contributed by atoms with Gasteiger partial charge >= 0.3 is 0 Å². The van der Waals surface area contributed by atoms with Crippen LogP contribution < -0.4 is 5.32 Å². The molecule has 4 aliphatic rings. The van der Waals surface area contributed by atoms with Crippen LogP contribution in [0.4, 0.5) is 0 Å². The summed E-state index contributed by atoms with van der Waals surface area (Å²) in [7, 11) is 0. The van der Waals surface area contributed by atoms with Crippen LogP contribution in [-0.4, -0.2) is 36.1 Å². The van der Waals surface area contributed by atoms with E-state index in [4.69, 9.17) is 0 Å². The zero-order valence-electron chi connectivity index (χ0n) is 8.55. The summed E-state index contributed by atoms with van der Waals surface area (Å²) in [6.45, 7) is 6.16. The first-order chi connectivity index (χ1) is 6.37. The minimum absolute atomic E-state index is 0.636.